The number of aromatic nitrogens is 2. The summed E-state index contributed by atoms with van der Waals surface area (Å²) in [6, 6.07) is 22.8. The van der Waals surface area contributed by atoms with Crippen molar-refractivity contribution in [3.05, 3.63) is 102 Å². The average molecular weight is 451 g/mol. The number of hydrogen-bond donors (Lipinski definition) is 0. The van der Waals surface area contributed by atoms with Gasteiger partial charge in [-0.05, 0) is 60.9 Å². The molecule has 0 atom stereocenters. The van der Waals surface area contributed by atoms with Gasteiger partial charge in [0.2, 0.25) is 0 Å². The molecule has 4 nitrogen and oxygen atoms in total. The van der Waals surface area contributed by atoms with Crippen LogP contribution < -0.4 is 0 Å². The number of nitrogens with zero attached hydrogens (tertiary/aromatic N) is 2. The van der Waals surface area contributed by atoms with E-state index in [9.17, 15) is 8.42 Å². The van der Waals surface area contributed by atoms with Crippen LogP contribution in [0.15, 0.2) is 90.1 Å². The monoisotopic (exact) mass is 450 g/mol. The molecule has 1 aromatic heterocycles. The number of halogens is 1. The third kappa shape index (κ3) is 4.16. The van der Waals surface area contributed by atoms with E-state index in [1.165, 1.54) is 6.26 Å². The summed E-state index contributed by atoms with van der Waals surface area (Å²) >= 11 is 6.48. The van der Waals surface area contributed by atoms with Crippen LogP contribution in [0.2, 0.25) is 5.02 Å². The van der Waals surface area contributed by atoms with E-state index in [4.69, 9.17) is 11.6 Å². The Bertz CT molecular complexity index is 1340. The van der Waals surface area contributed by atoms with Crippen LogP contribution in [0.5, 0.6) is 0 Å². The van der Waals surface area contributed by atoms with Gasteiger partial charge in [-0.3, -0.25) is 0 Å². The fourth-order valence-corrected chi connectivity index (χ4v) is 4.82. The number of rotatable bonds is 5. The summed E-state index contributed by atoms with van der Waals surface area (Å²) in [5.74, 6) is 0.882. The van der Waals surface area contributed by atoms with Crippen LogP contribution in [0.3, 0.4) is 0 Å². The van der Waals surface area contributed by atoms with Crippen LogP contribution >= 0.6 is 11.6 Å². The lowest BCUT2D eigenvalue weighted by Gasteiger charge is -2.27. The molecule has 0 aliphatic rings. The summed E-state index contributed by atoms with van der Waals surface area (Å²) in [4.78, 5) is 4.95. The Morgan fingerprint density at radius 3 is 2.29 bits per heavy atom. The molecule has 4 aromatic rings. The van der Waals surface area contributed by atoms with Gasteiger partial charge in [-0.1, -0.05) is 54.1 Å². The van der Waals surface area contributed by atoms with Gasteiger partial charge in [0.25, 0.3) is 0 Å². The Kier molecular flexibility index (Phi) is 5.50. The van der Waals surface area contributed by atoms with Crippen LogP contribution in [-0.2, 0) is 15.3 Å². The molecule has 6 heteroatoms. The molecule has 0 radical (unpaired) electrons. The highest BCUT2D eigenvalue weighted by atomic mass is 35.5. The van der Waals surface area contributed by atoms with Crippen molar-refractivity contribution >= 4 is 21.4 Å². The van der Waals surface area contributed by atoms with Crippen molar-refractivity contribution in [2.24, 2.45) is 0 Å². The van der Waals surface area contributed by atoms with Gasteiger partial charge in [-0.15, -0.1) is 0 Å². The lowest BCUT2D eigenvalue weighted by Crippen LogP contribution is -2.24. The van der Waals surface area contributed by atoms with E-state index in [1.807, 2.05) is 60.8 Å². The first-order chi connectivity index (χ1) is 14.7. The quantitative estimate of drug-likeness (QED) is 0.379. The Hall–Kier alpha value is -2.89. The first-order valence-corrected chi connectivity index (χ1v) is 12.1. The van der Waals surface area contributed by atoms with Gasteiger partial charge in [-0.25, -0.2) is 13.4 Å². The zero-order valence-corrected chi connectivity index (χ0v) is 19.2. The first-order valence-electron chi connectivity index (χ1n) is 9.88. The van der Waals surface area contributed by atoms with E-state index in [-0.39, 0.29) is 0 Å². The number of benzene rings is 3. The fraction of sp³-hybridized carbons (Fsp3) is 0.160. The van der Waals surface area contributed by atoms with Crippen molar-refractivity contribution in [1.29, 1.82) is 0 Å². The van der Waals surface area contributed by atoms with Crippen molar-refractivity contribution < 1.29 is 8.42 Å². The molecule has 0 fully saturated rings. The minimum absolute atomic E-state index is 0.312. The van der Waals surface area contributed by atoms with Crippen LogP contribution in [0.1, 0.15) is 25.2 Å². The van der Waals surface area contributed by atoms with Gasteiger partial charge < -0.3 is 4.57 Å². The molecule has 0 aliphatic heterocycles. The molecule has 1 heterocycles. The Morgan fingerprint density at radius 2 is 1.61 bits per heavy atom. The summed E-state index contributed by atoms with van der Waals surface area (Å²) in [5.41, 5.74) is 3.39. The molecular formula is C25H23ClN2O2S. The summed E-state index contributed by atoms with van der Waals surface area (Å²) < 4.78 is 25.8. The molecule has 158 valence electrons. The van der Waals surface area contributed by atoms with Gasteiger partial charge in [0.05, 0.1) is 4.90 Å². The molecule has 0 saturated heterocycles. The highest BCUT2D eigenvalue weighted by Crippen LogP contribution is 2.36. The Labute approximate surface area is 188 Å². The fourth-order valence-electron chi connectivity index (χ4n) is 3.78. The summed E-state index contributed by atoms with van der Waals surface area (Å²) in [5, 5.41) is 0.711. The number of hydrogen-bond acceptors (Lipinski definition) is 3. The molecule has 3 aromatic carbocycles. The van der Waals surface area contributed by atoms with Crippen LogP contribution in [0.4, 0.5) is 0 Å². The highest BCUT2D eigenvalue weighted by Gasteiger charge is 2.30. The molecule has 0 unspecified atom stereocenters. The van der Waals surface area contributed by atoms with Crippen molar-refractivity contribution in [1.82, 2.24) is 9.55 Å². The van der Waals surface area contributed by atoms with Gasteiger partial charge in [0.1, 0.15) is 5.82 Å². The first kappa shape index (κ1) is 21.3. The van der Waals surface area contributed by atoms with Crippen molar-refractivity contribution in [2.45, 2.75) is 24.2 Å². The number of sulfone groups is 1. The molecular weight excluding hydrogens is 428 g/mol. The maximum Gasteiger partial charge on any atom is 0.175 e. The minimum atomic E-state index is -3.25. The van der Waals surface area contributed by atoms with E-state index in [1.54, 1.807) is 24.4 Å². The molecule has 0 spiro atoms. The second kappa shape index (κ2) is 7.98. The zero-order valence-electron chi connectivity index (χ0n) is 17.6. The molecule has 0 N–H and O–H groups in total. The maximum atomic E-state index is 11.9. The van der Waals surface area contributed by atoms with Crippen molar-refractivity contribution in [2.75, 3.05) is 6.26 Å². The lowest BCUT2D eigenvalue weighted by atomic mass is 9.83. The predicted molar refractivity (Wildman–Crippen MR) is 126 cm³/mol. The normalized spacial score (nSPS) is 12.1. The highest BCUT2D eigenvalue weighted by molar-refractivity contribution is 7.90. The van der Waals surface area contributed by atoms with E-state index in [0.29, 0.717) is 9.92 Å². The van der Waals surface area contributed by atoms with E-state index in [2.05, 4.69) is 23.4 Å². The second-order valence-electron chi connectivity index (χ2n) is 8.07. The minimum Gasteiger partial charge on any atom is -0.303 e. The number of imidazole rings is 1. The average Bonchev–Trinajstić information content (AvgIpc) is 3.24. The zero-order chi connectivity index (χ0) is 22.2. The third-order valence-corrected chi connectivity index (χ3v) is 6.93. The van der Waals surface area contributed by atoms with Crippen LogP contribution in [0.25, 0.3) is 16.8 Å². The molecule has 0 saturated carbocycles. The third-order valence-electron chi connectivity index (χ3n) is 5.49. The van der Waals surface area contributed by atoms with Crippen LogP contribution in [-0.4, -0.2) is 24.2 Å². The topological polar surface area (TPSA) is 52.0 Å². The standard InChI is InChI=1S/C25H23ClN2O2S/c1-25(2,22-9-4-5-10-23(22)26)24-27-15-16-28(24)20-13-11-18(12-14-20)19-7-6-8-21(17-19)31(3,29)30/h4-17H,1-3H3. The van der Waals surface area contributed by atoms with E-state index < -0.39 is 15.3 Å². The predicted octanol–water partition coefficient (Wildman–Crippen LogP) is 5.92. The van der Waals surface area contributed by atoms with Crippen molar-refractivity contribution in [3.8, 4) is 16.8 Å². The van der Waals surface area contributed by atoms with E-state index in [0.717, 1.165) is 28.2 Å². The molecule has 0 bridgehead atoms. The Morgan fingerprint density at radius 1 is 0.903 bits per heavy atom. The van der Waals surface area contributed by atoms with Gasteiger partial charge in [0, 0.05) is 34.8 Å². The molecule has 0 amide bonds. The SMILES string of the molecule is CC(C)(c1ccccc1Cl)c1nccn1-c1ccc(-c2cccc(S(C)(=O)=O)c2)cc1. The second-order valence-corrected chi connectivity index (χ2v) is 10.5. The summed E-state index contributed by atoms with van der Waals surface area (Å²) in [6.07, 6.45) is 4.95. The van der Waals surface area contributed by atoms with Gasteiger partial charge >= 0.3 is 0 Å². The van der Waals surface area contributed by atoms with Gasteiger partial charge in [-0.2, -0.15) is 0 Å². The Balaban J connectivity index is 1.71. The van der Waals surface area contributed by atoms with E-state index >= 15 is 0 Å². The molecule has 4 rings (SSSR count). The van der Waals surface area contributed by atoms with Crippen LogP contribution in [0, 0.1) is 0 Å². The molecule has 0 aliphatic carbocycles. The van der Waals surface area contributed by atoms with Crippen molar-refractivity contribution in [3.63, 3.8) is 0 Å². The lowest BCUT2D eigenvalue weighted by molar-refractivity contribution is 0.579. The summed E-state index contributed by atoms with van der Waals surface area (Å²) in [7, 11) is -3.25. The maximum absolute atomic E-state index is 11.9. The largest absolute Gasteiger partial charge is 0.303 e. The smallest absolute Gasteiger partial charge is 0.175 e. The van der Waals surface area contributed by atoms with Gasteiger partial charge in [0.15, 0.2) is 9.84 Å². The summed E-state index contributed by atoms with van der Waals surface area (Å²) in [6.45, 7) is 4.22. The molecule has 31 heavy (non-hydrogen) atoms.